The maximum absolute atomic E-state index is 5.42. The molecule has 2 fully saturated rings. The summed E-state index contributed by atoms with van der Waals surface area (Å²) in [4.78, 5) is 2.54. The molecule has 0 spiro atoms. The van der Waals surface area contributed by atoms with Gasteiger partial charge in [0, 0.05) is 19.2 Å². The van der Waals surface area contributed by atoms with Gasteiger partial charge in [0.1, 0.15) is 23.0 Å². The van der Waals surface area contributed by atoms with Crippen LogP contribution in [0.1, 0.15) is 19.3 Å². The largest absolute Gasteiger partial charge is 0.380 e. The fourth-order valence-electron chi connectivity index (χ4n) is 2.73. The number of hydrogen-bond donors (Lipinski definition) is 0. The van der Waals surface area contributed by atoms with Gasteiger partial charge in [-0.05, 0) is 25.8 Å². The van der Waals surface area contributed by atoms with Crippen LogP contribution in [0, 0.1) is 0 Å². The van der Waals surface area contributed by atoms with Gasteiger partial charge in [0.15, 0.2) is 0 Å². The molecular formula is C9H16INO2. The summed E-state index contributed by atoms with van der Waals surface area (Å²) in [5, 5.41) is 0. The molecule has 0 aromatic carbocycles. The lowest BCUT2D eigenvalue weighted by molar-refractivity contribution is 0.106. The molecule has 3 nitrogen and oxygen atoms in total. The molecule has 2 unspecified atom stereocenters. The van der Waals surface area contributed by atoms with Crippen molar-refractivity contribution in [1.29, 1.82) is 0 Å². The predicted molar refractivity (Wildman–Crippen MR) is 58.9 cm³/mol. The summed E-state index contributed by atoms with van der Waals surface area (Å²) < 4.78 is 10.7. The Bertz CT molecular complexity index is 190. The molecule has 0 bridgehead atoms. The second-order valence-electron chi connectivity index (χ2n) is 4.09. The Morgan fingerprint density at radius 2 is 2.46 bits per heavy atom. The number of methoxy groups -OCH3 is 1. The molecule has 2 atom stereocenters. The first-order valence-corrected chi connectivity index (χ1v) is 5.70. The fraction of sp³-hybridized carbons (Fsp3) is 1.00. The zero-order valence-electron chi connectivity index (χ0n) is 7.96. The number of rotatable bonds is 3. The number of halogens is 1. The van der Waals surface area contributed by atoms with E-state index in [-0.39, 0.29) is 0 Å². The van der Waals surface area contributed by atoms with Crippen LogP contribution < -0.4 is 0 Å². The quantitative estimate of drug-likeness (QED) is 0.739. The van der Waals surface area contributed by atoms with E-state index in [9.17, 15) is 0 Å². The summed E-state index contributed by atoms with van der Waals surface area (Å²) in [5.41, 5.74) is 0.307. The van der Waals surface area contributed by atoms with Gasteiger partial charge in [-0.3, -0.25) is 4.90 Å². The molecule has 76 valence electrons. The van der Waals surface area contributed by atoms with Crippen LogP contribution >= 0.6 is 23.0 Å². The van der Waals surface area contributed by atoms with E-state index in [4.69, 9.17) is 7.80 Å². The third kappa shape index (κ3) is 1.73. The van der Waals surface area contributed by atoms with Gasteiger partial charge in [0.05, 0.1) is 12.7 Å². The number of ether oxygens (including phenoxy) is 1. The van der Waals surface area contributed by atoms with Crippen LogP contribution in [0.25, 0.3) is 0 Å². The van der Waals surface area contributed by atoms with Crippen molar-refractivity contribution < 1.29 is 7.80 Å². The highest BCUT2D eigenvalue weighted by atomic mass is 127. The first kappa shape index (κ1) is 10.1. The van der Waals surface area contributed by atoms with E-state index in [1.807, 2.05) is 30.1 Å². The summed E-state index contributed by atoms with van der Waals surface area (Å²) >= 11 is 2.00. The molecule has 0 amide bonds. The predicted octanol–water partition coefficient (Wildman–Crippen LogP) is 1.61. The van der Waals surface area contributed by atoms with Gasteiger partial charge < -0.3 is 7.80 Å². The third-order valence-corrected chi connectivity index (χ3v) is 3.74. The van der Waals surface area contributed by atoms with E-state index in [0.29, 0.717) is 11.6 Å². The minimum absolute atomic E-state index is 0.307. The standard InChI is InChI=1S/C9H16INO2/c1-12-8-5-9(7-13-10)3-2-4-11(9)6-8/h8H,2-7H2,1H3. The Hall–Kier alpha value is 0.610. The molecule has 0 aromatic heterocycles. The molecular weight excluding hydrogens is 281 g/mol. The van der Waals surface area contributed by atoms with Crippen LogP contribution in [0.3, 0.4) is 0 Å². The summed E-state index contributed by atoms with van der Waals surface area (Å²) in [7, 11) is 1.81. The highest BCUT2D eigenvalue weighted by molar-refractivity contribution is 14.1. The average molecular weight is 297 g/mol. The number of fused-ring (bicyclic) bond motifs is 1. The highest BCUT2D eigenvalue weighted by Crippen LogP contribution is 2.40. The van der Waals surface area contributed by atoms with Crippen LogP contribution in [0.2, 0.25) is 0 Å². The van der Waals surface area contributed by atoms with Crippen LogP contribution in [0.5, 0.6) is 0 Å². The maximum Gasteiger partial charge on any atom is 0.109 e. The number of hydrogen-bond acceptors (Lipinski definition) is 3. The van der Waals surface area contributed by atoms with Crippen molar-refractivity contribution in [2.45, 2.75) is 30.9 Å². The summed E-state index contributed by atoms with van der Waals surface area (Å²) in [6, 6.07) is 0. The lowest BCUT2D eigenvalue weighted by atomic mass is 9.94. The van der Waals surface area contributed by atoms with Gasteiger partial charge in [-0.15, -0.1) is 0 Å². The van der Waals surface area contributed by atoms with Crippen molar-refractivity contribution in [2.24, 2.45) is 0 Å². The van der Waals surface area contributed by atoms with Crippen molar-refractivity contribution in [3.8, 4) is 0 Å². The Balaban J connectivity index is 2.05. The Morgan fingerprint density at radius 1 is 1.62 bits per heavy atom. The van der Waals surface area contributed by atoms with Gasteiger partial charge in [-0.2, -0.15) is 0 Å². The average Bonchev–Trinajstić information content (AvgIpc) is 2.60. The topological polar surface area (TPSA) is 21.7 Å². The second-order valence-corrected chi connectivity index (χ2v) is 4.71. The lowest BCUT2D eigenvalue weighted by Gasteiger charge is -2.29. The van der Waals surface area contributed by atoms with E-state index in [2.05, 4.69) is 4.90 Å². The highest BCUT2D eigenvalue weighted by Gasteiger charge is 2.48. The summed E-state index contributed by atoms with van der Waals surface area (Å²) in [6.45, 7) is 3.17. The maximum atomic E-state index is 5.42. The van der Waals surface area contributed by atoms with Crippen LogP contribution in [-0.2, 0) is 7.80 Å². The molecule has 2 aliphatic heterocycles. The Morgan fingerprint density at radius 3 is 3.15 bits per heavy atom. The molecule has 2 rings (SSSR count). The van der Waals surface area contributed by atoms with Crippen LogP contribution in [0.15, 0.2) is 0 Å². The molecule has 2 aliphatic rings. The normalized spacial score (nSPS) is 39.7. The molecule has 2 saturated heterocycles. The van der Waals surface area contributed by atoms with Crippen molar-refractivity contribution in [1.82, 2.24) is 4.90 Å². The smallest absolute Gasteiger partial charge is 0.109 e. The minimum Gasteiger partial charge on any atom is -0.380 e. The van der Waals surface area contributed by atoms with E-state index in [1.54, 1.807) is 0 Å². The molecule has 2 heterocycles. The molecule has 0 aliphatic carbocycles. The van der Waals surface area contributed by atoms with Gasteiger partial charge in [0.25, 0.3) is 0 Å². The molecule has 0 N–H and O–H groups in total. The zero-order valence-corrected chi connectivity index (χ0v) is 10.1. The van der Waals surface area contributed by atoms with E-state index >= 15 is 0 Å². The first-order valence-electron chi connectivity index (χ1n) is 4.82. The van der Waals surface area contributed by atoms with Crippen molar-refractivity contribution in [2.75, 3.05) is 26.8 Å². The summed E-state index contributed by atoms with van der Waals surface area (Å²) in [5.74, 6) is 0. The lowest BCUT2D eigenvalue weighted by Crippen LogP contribution is -2.41. The van der Waals surface area contributed by atoms with Crippen molar-refractivity contribution in [3.63, 3.8) is 0 Å². The van der Waals surface area contributed by atoms with E-state index < -0.39 is 0 Å². The van der Waals surface area contributed by atoms with Crippen LogP contribution in [0.4, 0.5) is 0 Å². The first-order chi connectivity index (χ1) is 6.30. The molecule has 4 heteroatoms. The van der Waals surface area contributed by atoms with E-state index in [0.717, 1.165) is 19.6 Å². The van der Waals surface area contributed by atoms with Gasteiger partial charge in [-0.25, -0.2) is 0 Å². The van der Waals surface area contributed by atoms with Crippen molar-refractivity contribution in [3.05, 3.63) is 0 Å². The fourth-order valence-corrected chi connectivity index (χ4v) is 3.31. The Labute approximate surface area is 93.4 Å². The van der Waals surface area contributed by atoms with Gasteiger partial charge in [-0.1, -0.05) is 0 Å². The van der Waals surface area contributed by atoms with Crippen molar-refractivity contribution >= 4 is 23.0 Å². The van der Waals surface area contributed by atoms with Crippen LogP contribution in [-0.4, -0.2) is 43.3 Å². The molecule has 0 saturated carbocycles. The molecule has 0 radical (unpaired) electrons. The second kappa shape index (κ2) is 4.00. The van der Waals surface area contributed by atoms with Gasteiger partial charge >= 0.3 is 0 Å². The molecule has 0 aromatic rings. The summed E-state index contributed by atoms with van der Waals surface area (Å²) in [6.07, 6.45) is 4.16. The SMILES string of the molecule is COC1CN2CCCC2(COI)C1. The Kier molecular flexibility index (Phi) is 3.12. The monoisotopic (exact) mass is 297 g/mol. The van der Waals surface area contributed by atoms with Gasteiger partial charge in [0.2, 0.25) is 0 Å². The third-order valence-electron chi connectivity index (χ3n) is 3.43. The minimum atomic E-state index is 0.307. The zero-order chi connectivity index (χ0) is 9.31. The van der Waals surface area contributed by atoms with E-state index in [1.165, 1.54) is 19.4 Å². The number of nitrogens with zero attached hydrogens (tertiary/aromatic N) is 1. The molecule has 13 heavy (non-hydrogen) atoms.